The Kier molecular flexibility index (Phi) is 2.83. The van der Waals surface area contributed by atoms with Crippen molar-refractivity contribution in [2.75, 3.05) is 0 Å². The van der Waals surface area contributed by atoms with Gasteiger partial charge in [-0.3, -0.25) is 0 Å². The Labute approximate surface area is 105 Å². The molecule has 17 heavy (non-hydrogen) atoms. The number of nitrogens with zero attached hydrogens (tertiary/aromatic N) is 3. The summed E-state index contributed by atoms with van der Waals surface area (Å²) in [6.45, 7) is 14.5. The van der Waals surface area contributed by atoms with Crippen molar-refractivity contribution in [1.82, 2.24) is 15.0 Å². The highest BCUT2D eigenvalue weighted by molar-refractivity contribution is 5.15. The smallest absolute Gasteiger partial charge is 0.0861 e. The van der Waals surface area contributed by atoms with Crippen molar-refractivity contribution in [1.29, 1.82) is 0 Å². The zero-order valence-electron chi connectivity index (χ0n) is 12.0. The van der Waals surface area contributed by atoms with Gasteiger partial charge in [0.05, 0.1) is 18.4 Å². The van der Waals surface area contributed by atoms with Crippen molar-refractivity contribution in [3.05, 3.63) is 11.9 Å². The SMILES string of the molecule is CC(C)(C)Cn1ncc(C2CC2C(C)(C)C)n1. The van der Waals surface area contributed by atoms with Crippen molar-refractivity contribution in [2.45, 2.75) is 60.4 Å². The highest BCUT2D eigenvalue weighted by atomic mass is 15.5. The molecule has 1 heterocycles. The molecule has 0 spiro atoms. The lowest BCUT2D eigenvalue weighted by Gasteiger charge is -2.17. The summed E-state index contributed by atoms with van der Waals surface area (Å²) in [5.41, 5.74) is 1.83. The molecule has 2 rings (SSSR count). The molecule has 96 valence electrons. The molecule has 2 atom stereocenters. The van der Waals surface area contributed by atoms with Crippen molar-refractivity contribution in [3.8, 4) is 0 Å². The summed E-state index contributed by atoms with van der Waals surface area (Å²) in [7, 11) is 0. The Morgan fingerprint density at radius 2 is 1.88 bits per heavy atom. The minimum Gasteiger partial charge on any atom is -0.184 e. The lowest BCUT2D eigenvalue weighted by molar-refractivity contribution is 0.301. The van der Waals surface area contributed by atoms with Gasteiger partial charge in [0.1, 0.15) is 0 Å². The maximum absolute atomic E-state index is 4.63. The fourth-order valence-corrected chi connectivity index (χ4v) is 2.46. The van der Waals surface area contributed by atoms with Gasteiger partial charge in [-0.05, 0) is 23.2 Å². The van der Waals surface area contributed by atoms with Crippen molar-refractivity contribution in [2.24, 2.45) is 16.7 Å². The van der Waals surface area contributed by atoms with Crippen molar-refractivity contribution < 1.29 is 0 Å². The predicted octanol–water partition coefficient (Wildman–Crippen LogP) is 3.47. The molecular formula is C14H25N3. The monoisotopic (exact) mass is 235 g/mol. The van der Waals surface area contributed by atoms with Crippen LogP contribution < -0.4 is 0 Å². The van der Waals surface area contributed by atoms with Crippen LogP contribution in [0.15, 0.2) is 6.20 Å². The van der Waals surface area contributed by atoms with E-state index in [-0.39, 0.29) is 5.41 Å². The van der Waals surface area contributed by atoms with E-state index in [1.54, 1.807) is 0 Å². The quantitative estimate of drug-likeness (QED) is 0.785. The Morgan fingerprint density at radius 1 is 1.24 bits per heavy atom. The van der Waals surface area contributed by atoms with Crippen LogP contribution in [0.1, 0.15) is 59.6 Å². The predicted molar refractivity (Wildman–Crippen MR) is 69.8 cm³/mol. The average Bonchev–Trinajstić information content (AvgIpc) is 2.80. The zero-order valence-corrected chi connectivity index (χ0v) is 12.0. The molecule has 1 saturated carbocycles. The number of hydrogen-bond donors (Lipinski definition) is 0. The van der Waals surface area contributed by atoms with Gasteiger partial charge in [0.2, 0.25) is 0 Å². The lowest BCUT2D eigenvalue weighted by Crippen LogP contribution is -2.17. The average molecular weight is 235 g/mol. The number of hydrogen-bond acceptors (Lipinski definition) is 2. The summed E-state index contributed by atoms with van der Waals surface area (Å²) in [6.07, 6.45) is 3.24. The Hall–Kier alpha value is -0.860. The maximum atomic E-state index is 4.63. The van der Waals surface area contributed by atoms with E-state index in [1.807, 2.05) is 11.0 Å². The summed E-state index contributed by atoms with van der Waals surface area (Å²) < 4.78 is 0. The molecule has 0 N–H and O–H groups in total. The summed E-state index contributed by atoms with van der Waals surface area (Å²) in [6, 6.07) is 0. The van der Waals surface area contributed by atoms with E-state index in [0.717, 1.165) is 12.5 Å². The highest BCUT2D eigenvalue weighted by Crippen LogP contribution is 2.56. The van der Waals surface area contributed by atoms with E-state index in [9.17, 15) is 0 Å². The van der Waals surface area contributed by atoms with Crippen molar-refractivity contribution >= 4 is 0 Å². The summed E-state index contributed by atoms with van der Waals surface area (Å²) in [4.78, 5) is 1.85. The highest BCUT2D eigenvalue weighted by Gasteiger charge is 2.47. The molecule has 3 nitrogen and oxygen atoms in total. The van der Waals surface area contributed by atoms with Crippen LogP contribution in [-0.2, 0) is 6.54 Å². The van der Waals surface area contributed by atoms with E-state index >= 15 is 0 Å². The summed E-state index contributed by atoms with van der Waals surface area (Å²) in [5.74, 6) is 1.42. The first-order valence-electron chi connectivity index (χ1n) is 6.57. The molecule has 0 radical (unpaired) electrons. The van der Waals surface area contributed by atoms with Crippen LogP contribution in [0.2, 0.25) is 0 Å². The maximum Gasteiger partial charge on any atom is 0.0861 e. The van der Waals surface area contributed by atoms with Crippen LogP contribution in [0.5, 0.6) is 0 Å². The zero-order chi connectivity index (χ0) is 12.8. The normalized spacial score (nSPS) is 25.1. The molecule has 2 unspecified atom stereocenters. The van der Waals surface area contributed by atoms with Gasteiger partial charge in [-0.1, -0.05) is 41.5 Å². The Balaban J connectivity index is 2.01. The molecule has 0 saturated heterocycles. The minimum absolute atomic E-state index is 0.239. The van der Waals surface area contributed by atoms with Gasteiger partial charge in [-0.15, -0.1) is 0 Å². The second-order valence-corrected chi connectivity index (χ2v) is 7.68. The molecule has 1 aliphatic rings. The van der Waals surface area contributed by atoms with Gasteiger partial charge < -0.3 is 0 Å². The molecule has 3 heteroatoms. The van der Waals surface area contributed by atoms with Crippen LogP contribution in [0.4, 0.5) is 0 Å². The molecule has 1 aliphatic carbocycles. The van der Waals surface area contributed by atoms with Crippen LogP contribution >= 0.6 is 0 Å². The second kappa shape index (κ2) is 3.82. The number of rotatable bonds is 2. The van der Waals surface area contributed by atoms with E-state index in [1.165, 1.54) is 12.1 Å². The van der Waals surface area contributed by atoms with E-state index in [4.69, 9.17) is 0 Å². The lowest BCUT2D eigenvalue weighted by atomic mass is 9.88. The van der Waals surface area contributed by atoms with E-state index in [2.05, 4.69) is 51.7 Å². The van der Waals surface area contributed by atoms with E-state index in [0.29, 0.717) is 11.3 Å². The third-order valence-corrected chi connectivity index (χ3v) is 3.45. The molecule has 1 aromatic heterocycles. The van der Waals surface area contributed by atoms with Gasteiger partial charge >= 0.3 is 0 Å². The third kappa shape index (κ3) is 3.08. The Bertz CT molecular complexity index is 392. The van der Waals surface area contributed by atoms with E-state index < -0.39 is 0 Å². The standard InChI is InChI=1S/C14H25N3/c1-13(2,3)9-17-15-8-12(16-17)10-7-11(10)14(4,5)6/h8,10-11H,7,9H2,1-6H3. The molecule has 0 bridgehead atoms. The van der Waals surface area contributed by atoms with Gasteiger partial charge in [0.15, 0.2) is 0 Å². The number of aromatic nitrogens is 3. The third-order valence-electron chi connectivity index (χ3n) is 3.45. The largest absolute Gasteiger partial charge is 0.184 e. The van der Waals surface area contributed by atoms with Crippen LogP contribution in [0, 0.1) is 16.7 Å². The summed E-state index contributed by atoms with van der Waals surface area (Å²) in [5, 5.41) is 9.01. The molecule has 0 aliphatic heterocycles. The van der Waals surface area contributed by atoms with Crippen molar-refractivity contribution in [3.63, 3.8) is 0 Å². The fraction of sp³-hybridized carbons (Fsp3) is 0.857. The molecule has 1 fully saturated rings. The molecular weight excluding hydrogens is 210 g/mol. The van der Waals surface area contributed by atoms with Crippen LogP contribution in [0.25, 0.3) is 0 Å². The fourth-order valence-electron chi connectivity index (χ4n) is 2.46. The summed E-state index contributed by atoms with van der Waals surface area (Å²) >= 11 is 0. The minimum atomic E-state index is 0.239. The van der Waals surface area contributed by atoms with Gasteiger partial charge in [0.25, 0.3) is 0 Å². The van der Waals surface area contributed by atoms with Crippen LogP contribution in [-0.4, -0.2) is 15.0 Å². The molecule has 0 aromatic carbocycles. The first-order chi connectivity index (χ1) is 7.67. The topological polar surface area (TPSA) is 30.7 Å². The Morgan fingerprint density at radius 3 is 2.35 bits per heavy atom. The van der Waals surface area contributed by atoms with Gasteiger partial charge in [-0.25, -0.2) is 0 Å². The first-order valence-corrected chi connectivity index (χ1v) is 6.57. The molecule has 0 amide bonds. The van der Waals surface area contributed by atoms with Gasteiger partial charge in [-0.2, -0.15) is 15.0 Å². The second-order valence-electron chi connectivity index (χ2n) is 7.68. The first kappa shape index (κ1) is 12.6. The van der Waals surface area contributed by atoms with Crippen LogP contribution in [0.3, 0.4) is 0 Å². The van der Waals surface area contributed by atoms with Gasteiger partial charge in [0, 0.05) is 5.92 Å². The molecule has 1 aromatic rings.